The summed E-state index contributed by atoms with van der Waals surface area (Å²) in [5.74, 6) is -0.295. The Balaban J connectivity index is 0.00000300. The minimum atomic E-state index is -0.211. The Labute approximate surface area is 183 Å². The molecule has 2 aromatic carbocycles. The number of anilines is 1. The molecule has 5 nitrogen and oxygen atoms in total. The van der Waals surface area contributed by atoms with E-state index in [0.29, 0.717) is 30.2 Å². The number of para-hydroxylation sites is 1. The van der Waals surface area contributed by atoms with Crippen LogP contribution in [0.5, 0.6) is 0 Å². The average molecular weight is 436 g/mol. The fourth-order valence-electron chi connectivity index (χ4n) is 3.44. The molecule has 0 bridgehead atoms. The quantitative estimate of drug-likeness (QED) is 0.708. The topological polar surface area (TPSA) is 61.4 Å². The predicted octanol–water partition coefficient (Wildman–Crippen LogP) is 4.36. The molecule has 0 radical (unpaired) electrons. The van der Waals surface area contributed by atoms with E-state index in [1.165, 1.54) is 0 Å². The molecule has 1 aliphatic heterocycles. The summed E-state index contributed by atoms with van der Waals surface area (Å²) in [4.78, 5) is 27.4. The third kappa shape index (κ3) is 6.20. The van der Waals surface area contributed by atoms with Crippen molar-refractivity contribution in [2.24, 2.45) is 5.92 Å². The van der Waals surface area contributed by atoms with Gasteiger partial charge in [-0.05, 0) is 55.3 Å². The zero-order valence-electron chi connectivity index (χ0n) is 16.5. The molecule has 1 aliphatic rings. The smallest absolute Gasteiger partial charge is 0.253 e. The number of hydrogen-bond donors (Lipinski definition) is 2. The van der Waals surface area contributed by atoms with Crippen LogP contribution in [0.3, 0.4) is 0 Å². The van der Waals surface area contributed by atoms with E-state index in [0.717, 1.165) is 30.6 Å². The molecule has 0 aromatic heterocycles. The van der Waals surface area contributed by atoms with Gasteiger partial charge in [-0.3, -0.25) is 9.59 Å². The van der Waals surface area contributed by atoms with Gasteiger partial charge >= 0.3 is 0 Å². The number of nitrogens with one attached hydrogen (secondary N) is 2. The van der Waals surface area contributed by atoms with Crippen molar-refractivity contribution >= 4 is 41.5 Å². The second kappa shape index (κ2) is 11.2. The number of amides is 2. The van der Waals surface area contributed by atoms with E-state index >= 15 is 0 Å². The monoisotopic (exact) mass is 435 g/mol. The number of piperidine rings is 1. The van der Waals surface area contributed by atoms with E-state index in [4.69, 9.17) is 11.6 Å². The Kier molecular flexibility index (Phi) is 8.96. The summed E-state index contributed by atoms with van der Waals surface area (Å²) < 4.78 is 0. The summed E-state index contributed by atoms with van der Waals surface area (Å²) in [5.41, 5.74) is 2.48. The van der Waals surface area contributed by atoms with Crippen molar-refractivity contribution in [1.82, 2.24) is 10.2 Å². The number of carbonyl (C=O) groups is 2. The van der Waals surface area contributed by atoms with Crippen molar-refractivity contribution in [3.8, 4) is 0 Å². The Bertz CT molecular complexity index is 827. The molecule has 7 heteroatoms. The van der Waals surface area contributed by atoms with Gasteiger partial charge in [0.1, 0.15) is 0 Å². The molecule has 2 amide bonds. The predicted molar refractivity (Wildman–Crippen MR) is 120 cm³/mol. The first-order chi connectivity index (χ1) is 13.6. The lowest BCUT2D eigenvalue weighted by Gasteiger charge is -2.32. The van der Waals surface area contributed by atoms with Crippen molar-refractivity contribution in [3.63, 3.8) is 0 Å². The van der Waals surface area contributed by atoms with Crippen molar-refractivity contribution in [2.45, 2.75) is 26.3 Å². The maximum absolute atomic E-state index is 12.9. The lowest BCUT2D eigenvalue weighted by Crippen LogP contribution is -2.43. The van der Waals surface area contributed by atoms with Gasteiger partial charge in [0.15, 0.2) is 0 Å². The zero-order valence-corrected chi connectivity index (χ0v) is 18.1. The largest absolute Gasteiger partial charge is 0.338 e. The van der Waals surface area contributed by atoms with Crippen LogP contribution < -0.4 is 10.6 Å². The second-order valence-electron chi connectivity index (χ2n) is 7.02. The van der Waals surface area contributed by atoms with Gasteiger partial charge in [-0.1, -0.05) is 36.7 Å². The molecule has 29 heavy (non-hydrogen) atoms. The van der Waals surface area contributed by atoms with Crippen LogP contribution in [0.2, 0.25) is 5.02 Å². The summed E-state index contributed by atoms with van der Waals surface area (Å²) in [5, 5.41) is 6.95. The van der Waals surface area contributed by atoms with Crippen molar-refractivity contribution in [2.75, 3.05) is 25.0 Å². The molecule has 1 unspecified atom stereocenters. The minimum absolute atomic E-state index is 0. The van der Waals surface area contributed by atoms with Crippen LogP contribution >= 0.6 is 24.0 Å². The Morgan fingerprint density at radius 3 is 2.59 bits per heavy atom. The van der Waals surface area contributed by atoms with E-state index in [1.54, 1.807) is 29.2 Å². The minimum Gasteiger partial charge on any atom is -0.338 e. The number of halogens is 2. The van der Waals surface area contributed by atoms with E-state index in [2.05, 4.69) is 17.6 Å². The first-order valence-electron chi connectivity index (χ1n) is 9.72. The maximum Gasteiger partial charge on any atom is 0.253 e. The molecule has 1 atom stereocenters. The molecule has 3 rings (SSSR count). The maximum atomic E-state index is 12.9. The van der Waals surface area contributed by atoms with Crippen molar-refractivity contribution < 1.29 is 9.59 Å². The van der Waals surface area contributed by atoms with Crippen LogP contribution in [0, 0.1) is 5.92 Å². The second-order valence-corrected chi connectivity index (χ2v) is 7.46. The fourth-order valence-corrected chi connectivity index (χ4v) is 3.57. The number of rotatable bonds is 6. The highest BCUT2D eigenvalue weighted by atomic mass is 35.5. The van der Waals surface area contributed by atoms with Gasteiger partial charge in [0.25, 0.3) is 5.91 Å². The number of hydrogen-bond acceptors (Lipinski definition) is 3. The Morgan fingerprint density at radius 2 is 1.86 bits per heavy atom. The molecule has 1 heterocycles. The SMILES string of the molecule is CCNCc1ccccc1NC(=O)C1CCCN(C(=O)c2ccc(Cl)cc2)C1.Cl. The molecule has 2 aromatic rings. The van der Waals surface area contributed by atoms with E-state index in [1.807, 2.05) is 24.3 Å². The summed E-state index contributed by atoms with van der Waals surface area (Å²) in [7, 11) is 0. The number of nitrogens with zero attached hydrogens (tertiary/aromatic N) is 1. The van der Waals surface area contributed by atoms with Gasteiger partial charge < -0.3 is 15.5 Å². The lowest BCUT2D eigenvalue weighted by molar-refractivity contribution is -0.121. The van der Waals surface area contributed by atoms with E-state index < -0.39 is 0 Å². The lowest BCUT2D eigenvalue weighted by atomic mass is 9.96. The average Bonchev–Trinajstić information content (AvgIpc) is 2.73. The molecule has 1 fully saturated rings. The van der Waals surface area contributed by atoms with Gasteiger partial charge in [-0.25, -0.2) is 0 Å². The van der Waals surface area contributed by atoms with Gasteiger partial charge in [-0.2, -0.15) is 0 Å². The Morgan fingerprint density at radius 1 is 1.14 bits per heavy atom. The van der Waals surface area contributed by atoms with Gasteiger partial charge in [-0.15, -0.1) is 12.4 Å². The molecular formula is C22H27Cl2N3O2. The Hall–Kier alpha value is -2.08. The summed E-state index contributed by atoms with van der Waals surface area (Å²) >= 11 is 5.91. The van der Waals surface area contributed by atoms with Crippen LogP contribution in [0.25, 0.3) is 0 Å². The zero-order chi connectivity index (χ0) is 19.9. The highest BCUT2D eigenvalue weighted by molar-refractivity contribution is 6.30. The van der Waals surface area contributed by atoms with Gasteiger partial charge in [0.2, 0.25) is 5.91 Å². The highest BCUT2D eigenvalue weighted by Crippen LogP contribution is 2.22. The summed E-state index contributed by atoms with van der Waals surface area (Å²) in [6.07, 6.45) is 1.60. The first kappa shape index (κ1) is 23.2. The van der Waals surface area contributed by atoms with Crippen LogP contribution in [-0.2, 0) is 11.3 Å². The molecule has 0 aliphatic carbocycles. The van der Waals surface area contributed by atoms with Crippen LogP contribution in [0.4, 0.5) is 5.69 Å². The van der Waals surface area contributed by atoms with Crippen LogP contribution in [0.15, 0.2) is 48.5 Å². The third-order valence-corrected chi connectivity index (χ3v) is 5.26. The highest BCUT2D eigenvalue weighted by Gasteiger charge is 2.29. The molecule has 0 saturated carbocycles. The summed E-state index contributed by atoms with van der Waals surface area (Å²) in [6.45, 7) is 4.73. The van der Waals surface area contributed by atoms with E-state index in [-0.39, 0.29) is 30.1 Å². The molecule has 156 valence electrons. The number of likely N-dealkylation sites (tertiary alicyclic amines) is 1. The summed E-state index contributed by atoms with van der Waals surface area (Å²) in [6, 6.07) is 14.7. The third-order valence-electron chi connectivity index (χ3n) is 5.01. The van der Waals surface area contributed by atoms with Crippen molar-refractivity contribution in [3.05, 3.63) is 64.7 Å². The van der Waals surface area contributed by atoms with E-state index in [9.17, 15) is 9.59 Å². The fraction of sp³-hybridized carbons (Fsp3) is 0.364. The van der Waals surface area contributed by atoms with Gasteiger partial charge in [0, 0.05) is 35.9 Å². The normalized spacial score (nSPS) is 16.1. The van der Waals surface area contributed by atoms with Crippen LogP contribution in [-0.4, -0.2) is 36.3 Å². The molecule has 1 saturated heterocycles. The standard InChI is InChI=1S/C22H26ClN3O2.ClH/c1-2-24-14-17-6-3-4-8-20(17)25-21(27)18-7-5-13-26(15-18)22(28)16-9-11-19(23)12-10-16;/h3-4,6,8-12,18,24H,2,5,7,13-15H2,1H3,(H,25,27);1H. The number of benzene rings is 2. The van der Waals surface area contributed by atoms with Crippen molar-refractivity contribution in [1.29, 1.82) is 0 Å². The first-order valence-corrected chi connectivity index (χ1v) is 10.1. The van der Waals surface area contributed by atoms with Crippen LogP contribution in [0.1, 0.15) is 35.7 Å². The van der Waals surface area contributed by atoms with Gasteiger partial charge in [0.05, 0.1) is 5.92 Å². The molecule has 0 spiro atoms. The molecule has 2 N–H and O–H groups in total. The molecular weight excluding hydrogens is 409 g/mol. The number of carbonyl (C=O) groups excluding carboxylic acids is 2.